The van der Waals surface area contributed by atoms with Crippen molar-refractivity contribution in [3.05, 3.63) is 31.2 Å². The topological polar surface area (TPSA) is 0 Å². The summed E-state index contributed by atoms with van der Waals surface area (Å²) in [6, 6.07) is 0. The van der Waals surface area contributed by atoms with Gasteiger partial charge in [0.05, 0.1) is 0 Å². The molecule has 9 heavy (non-hydrogen) atoms. The van der Waals surface area contributed by atoms with Gasteiger partial charge in [-0.25, -0.2) is 0 Å². The lowest BCUT2D eigenvalue weighted by atomic mass is 10.3. The molecule has 51 valence electrons. The van der Waals surface area contributed by atoms with Gasteiger partial charge in [-0.2, -0.15) is 0 Å². The van der Waals surface area contributed by atoms with Crippen LogP contribution in [0.1, 0.15) is 26.2 Å². The Hall–Kier alpha value is -0.520. The fraction of sp³-hybridized carbons (Fsp3) is 0.444. The highest BCUT2D eigenvalue weighted by molar-refractivity contribution is 4.92. The molecule has 0 unspecified atom stereocenters. The Kier molecular flexibility index (Phi) is 7.05. The van der Waals surface area contributed by atoms with Crippen LogP contribution in [0, 0.1) is 6.92 Å². The normalized spacial score (nSPS) is 11.8. The van der Waals surface area contributed by atoms with E-state index in [9.17, 15) is 0 Å². The van der Waals surface area contributed by atoms with Gasteiger partial charge < -0.3 is 0 Å². The quantitative estimate of drug-likeness (QED) is 0.504. The Morgan fingerprint density at radius 2 is 1.78 bits per heavy atom. The average Bonchev–Trinajstić information content (AvgIpc) is 1.89. The molecule has 0 aromatic heterocycles. The van der Waals surface area contributed by atoms with Gasteiger partial charge in [0.2, 0.25) is 0 Å². The van der Waals surface area contributed by atoms with Crippen molar-refractivity contribution in [3.8, 4) is 0 Å². The Labute approximate surface area is 58.3 Å². The van der Waals surface area contributed by atoms with Crippen molar-refractivity contribution in [2.45, 2.75) is 26.2 Å². The zero-order valence-electron chi connectivity index (χ0n) is 6.14. The minimum absolute atomic E-state index is 0.903. The molecule has 0 aromatic carbocycles. The minimum atomic E-state index is 0.903. The average molecular weight is 123 g/mol. The highest BCUT2D eigenvalue weighted by Gasteiger charge is 1.68. The van der Waals surface area contributed by atoms with E-state index in [0.717, 1.165) is 19.3 Å². The molecule has 0 saturated heterocycles. The van der Waals surface area contributed by atoms with Crippen molar-refractivity contribution in [1.29, 1.82) is 0 Å². The van der Waals surface area contributed by atoms with E-state index in [1.807, 2.05) is 0 Å². The van der Waals surface area contributed by atoms with E-state index < -0.39 is 0 Å². The van der Waals surface area contributed by atoms with Gasteiger partial charge in [-0.15, -0.1) is 0 Å². The Morgan fingerprint density at radius 3 is 2.33 bits per heavy atom. The lowest BCUT2D eigenvalue weighted by Crippen LogP contribution is -1.58. The second-order valence-electron chi connectivity index (χ2n) is 1.88. The number of hydrogen-bond acceptors (Lipinski definition) is 0. The smallest absolute Gasteiger partial charge is 0.0169 e. The lowest BCUT2D eigenvalue weighted by Gasteiger charge is -1.79. The third-order valence-electron chi connectivity index (χ3n) is 1.01. The summed E-state index contributed by atoms with van der Waals surface area (Å²) < 4.78 is 0. The van der Waals surface area contributed by atoms with E-state index in [2.05, 4.69) is 38.2 Å². The first-order valence-electron chi connectivity index (χ1n) is 3.51. The van der Waals surface area contributed by atoms with Gasteiger partial charge in [0.1, 0.15) is 0 Å². The van der Waals surface area contributed by atoms with E-state index >= 15 is 0 Å². The van der Waals surface area contributed by atoms with Crippen molar-refractivity contribution in [2.75, 3.05) is 0 Å². The SMILES string of the molecule is [CH2]C/C=C\C/C=C\CC. The number of allylic oxidation sites excluding steroid dienone is 4. The van der Waals surface area contributed by atoms with Crippen LogP contribution in [-0.4, -0.2) is 0 Å². The molecule has 0 aliphatic heterocycles. The zero-order valence-corrected chi connectivity index (χ0v) is 6.14. The summed E-state index contributed by atoms with van der Waals surface area (Å²) in [6.45, 7) is 5.83. The van der Waals surface area contributed by atoms with Crippen molar-refractivity contribution < 1.29 is 0 Å². The van der Waals surface area contributed by atoms with E-state index in [0.29, 0.717) is 0 Å². The number of hydrogen-bond donors (Lipinski definition) is 0. The molecule has 0 aliphatic rings. The lowest BCUT2D eigenvalue weighted by molar-refractivity contribution is 1.19. The third kappa shape index (κ3) is 7.48. The van der Waals surface area contributed by atoms with E-state index in [1.165, 1.54) is 0 Å². The van der Waals surface area contributed by atoms with Crippen molar-refractivity contribution in [1.82, 2.24) is 0 Å². The van der Waals surface area contributed by atoms with Crippen LogP contribution in [-0.2, 0) is 0 Å². The van der Waals surface area contributed by atoms with E-state index in [4.69, 9.17) is 0 Å². The molecule has 0 rings (SSSR count). The molecule has 1 radical (unpaired) electrons. The molecule has 0 amide bonds. The van der Waals surface area contributed by atoms with Crippen LogP contribution in [0.2, 0.25) is 0 Å². The maximum atomic E-state index is 3.69. The Bertz CT molecular complexity index is 76.2. The second-order valence-corrected chi connectivity index (χ2v) is 1.88. The fourth-order valence-electron chi connectivity index (χ4n) is 0.556. The molecule has 0 bridgehead atoms. The first-order chi connectivity index (χ1) is 4.41. The minimum Gasteiger partial charge on any atom is -0.0885 e. The first kappa shape index (κ1) is 8.48. The molecule has 0 nitrogen and oxygen atoms in total. The molecule has 0 spiro atoms. The van der Waals surface area contributed by atoms with Gasteiger partial charge in [-0.3, -0.25) is 0 Å². The first-order valence-corrected chi connectivity index (χ1v) is 3.51. The summed E-state index contributed by atoms with van der Waals surface area (Å²) in [4.78, 5) is 0. The maximum Gasteiger partial charge on any atom is -0.0169 e. The van der Waals surface area contributed by atoms with Crippen LogP contribution in [0.4, 0.5) is 0 Å². The van der Waals surface area contributed by atoms with Crippen molar-refractivity contribution in [2.24, 2.45) is 0 Å². The van der Waals surface area contributed by atoms with Crippen LogP contribution in [0.3, 0.4) is 0 Å². The largest absolute Gasteiger partial charge is 0.0885 e. The second kappa shape index (κ2) is 7.48. The van der Waals surface area contributed by atoms with Crippen LogP contribution < -0.4 is 0 Å². The standard InChI is InChI=1S/C9H15/c1-3-5-7-9-8-6-4-2/h5-8H,1,3-4,9H2,2H3/b7-5-,8-6-. The van der Waals surface area contributed by atoms with Gasteiger partial charge in [0.25, 0.3) is 0 Å². The molecule has 0 heteroatoms. The van der Waals surface area contributed by atoms with Crippen LogP contribution in [0.25, 0.3) is 0 Å². The Morgan fingerprint density at radius 1 is 1.11 bits per heavy atom. The van der Waals surface area contributed by atoms with E-state index in [-0.39, 0.29) is 0 Å². The van der Waals surface area contributed by atoms with Crippen LogP contribution in [0.15, 0.2) is 24.3 Å². The van der Waals surface area contributed by atoms with Crippen LogP contribution in [0.5, 0.6) is 0 Å². The summed E-state index contributed by atoms with van der Waals surface area (Å²) in [5, 5.41) is 0. The summed E-state index contributed by atoms with van der Waals surface area (Å²) in [7, 11) is 0. The van der Waals surface area contributed by atoms with Gasteiger partial charge in [0, 0.05) is 0 Å². The molecular weight excluding hydrogens is 108 g/mol. The molecule has 0 aliphatic carbocycles. The maximum absolute atomic E-state index is 3.69. The van der Waals surface area contributed by atoms with Gasteiger partial charge in [0.15, 0.2) is 0 Å². The molecule has 0 N–H and O–H groups in total. The van der Waals surface area contributed by atoms with Crippen LogP contribution >= 0.6 is 0 Å². The molecular formula is C9H15. The highest BCUT2D eigenvalue weighted by Crippen LogP contribution is 1.89. The molecule has 0 atom stereocenters. The summed E-state index contributed by atoms with van der Waals surface area (Å²) in [6.07, 6.45) is 11.7. The van der Waals surface area contributed by atoms with Gasteiger partial charge in [-0.1, -0.05) is 31.2 Å². The fourth-order valence-corrected chi connectivity index (χ4v) is 0.556. The zero-order chi connectivity index (χ0) is 6.95. The summed E-state index contributed by atoms with van der Waals surface area (Å²) in [5.74, 6) is 0. The van der Waals surface area contributed by atoms with Crippen molar-refractivity contribution >= 4 is 0 Å². The van der Waals surface area contributed by atoms with Gasteiger partial charge >= 0.3 is 0 Å². The monoisotopic (exact) mass is 123 g/mol. The predicted molar refractivity (Wildman–Crippen MR) is 43.2 cm³/mol. The molecule has 0 aromatic rings. The number of rotatable bonds is 4. The van der Waals surface area contributed by atoms with Gasteiger partial charge in [-0.05, 0) is 26.2 Å². The summed E-state index contributed by atoms with van der Waals surface area (Å²) >= 11 is 0. The molecule has 0 fully saturated rings. The highest BCUT2D eigenvalue weighted by atomic mass is 13.7. The predicted octanol–water partition coefficient (Wildman–Crippen LogP) is 3.12. The summed E-state index contributed by atoms with van der Waals surface area (Å²) in [5.41, 5.74) is 0. The molecule has 0 saturated carbocycles. The third-order valence-corrected chi connectivity index (χ3v) is 1.01. The van der Waals surface area contributed by atoms with E-state index in [1.54, 1.807) is 0 Å². The van der Waals surface area contributed by atoms with Crippen molar-refractivity contribution in [3.63, 3.8) is 0 Å². The molecule has 0 heterocycles. The Balaban J connectivity index is 3.08.